The molecule has 0 unspecified atom stereocenters. The Hall–Kier alpha value is -1.53. The first kappa shape index (κ1) is 17.8. The monoisotopic (exact) mass is 331 g/mol. The number of aromatic nitrogens is 2. The zero-order valence-electron chi connectivity index (χ0n) is 14.0. The highest BCUT2D eigenvalue weighted by molar-refractivity contribution is 5.95. The van der Waals surface area contributed by atoms with Gasteiger partial charge in [0.1, 0.15) is 0 Å². The minimum Gasteiger partial charge on any atom is -0.349 e. The van der Waals surface area contributed by atoms with Gasteiger partial charge in [0.25, 0.3) is 5.91 Å². The second-order valence-electron chi connectivity index (χ2n) is 7.43. The van der Waals surface area contributed by atoms with E-state index in [4.69, 9.17) is 0 Å². The largest absolute Gasteiger partial charge is 0.433 e. The fraction of sp³-hybridized carbons (Fsp3) is 0.750. The average molecular weight is 331 g/mol. The van der Waals surface area contributed by atoms with Crippen molar-refractivity contribution in [2.45, 2.75) is 71.1 Å². The first-order valence-electron chi connectivity index (χ1n) is 7.96. The molecule has 0 spiro atoms. The fourth-order valence-corrected chi connectivity index (χ4v) is 3.12. The van der Waals surface area contributed by atoms with Gasteiger partial charge in [0.05, 0.1) is 17.3 Å². The lowest BCUT2D eigenvalue weighted by Crippen LogP contribution is -2.39. The molecular formula is C16H24F3N3O. The number of amides is 1. The zero-order valence-corrected chi connectivity index (χ0v) is 14.0. The minimum absolute atomic E-state index is 0.0645. The highest BCUT2D eigenvalue weighted by atomic mass is 19.4. The summed E-state index contributed by atoms with van der Waals surface area (Å²) in [6.07, 6.45) is 0.0962. The Morgan fingerprint density at radius 3 is 2.48 bits per heavy atom. The van der Waals surface area contributed by atoms with Crippen molar-refractivity contribution in [1.29, 1.82) is 0 Å². The van der Waals surface area contributed by atoms with Gasteiger partial charge in [-0.15, -0.1) is 0 Å². The van der Waals surface area contributed by atoms with Crippen LogP contribution in [0.1, 0.15) is 69.4 Å². The van der Waals surface area contributed by atoms with Crippen LogP contribution in [0.5, 0.6) is 0 Å². The van der Waals surface area contributed by atoms with Gasteiger partial charge in [-0.2, -0.15) is 18.3 Å². The van der Waals surface area contributed by atoms with Gasteiger partial charge in [-0.05, 0) is 39.5 Å². The van der Waals surface area contributed by atoms with Crippen molar-refractivity contribution in [1.82, 2.24) is 15.1 Å². The van der Waals surface area contributed by atoms with E-state index in [1.807, 2.05) is 0 Å². The van der Waals surface area contributed by atoms with Gasteiger partial charge in [-0.25, -0.2) is 0 Å². The van der Waals surface area contributed by atoms with Crippen LogP contribution in [0.15, 0.2) is 6.20 Å². The Morgan fingerprint density at radius 2 is 1.96 bits per heavy atom. The molecule has 0 saturated heterocycles. The molecule has 1 aliphatic rings. The lowest BCUT2D eigenvalue weighted by molar-refractivity contribution is -0.146. The molecule has 0 radical (unpaired) electrons. The van der Waals surface area contributed by atoms with Crippen LogP contribution in [0, 0.1) is 5.92 Å². The molecule has 1 amide bonds. The summed E-state index contributed by atoms with van der Waals surface area (Å²) >= 11 is 0. The molecule has 2 rings (SSSR count). The molecule has 1 aromatic heterocycles. The number of carbonyl (C=O) groups is 1. The van der Waals surface area contributed by atoms with Crippen LogP contribution in [-0.2, 0) is 11.7 Å². The van der Waals surface area contributed by atoms with Crippen molar-refractivity contribution in [3.63, 3.8) is 0 Å². The molecule has 1 N–H and O–H groups in total. The van der Waals surface area contributed by atoms with E-state index in [2.05, 4.69) is 17.3 Å². The van der Waals surface area contributed by atoms with E-state index in [0.717, 1.165) is 36.6 Å². The number of rotatable bonds is 2. The van der Waals surface area contributed by atoms with Gasteiger partial charge in [0.15, 0.2) is 5.69 Å². The molecule has 0 aliphatic heterocycles. The summed E-state index contributed by atoms with van der Waals surface area (Å²) in [6.45, 7) is 6.97. The number of alkyl halides is 3. The summed E-state index contributed by atoms with van der Waals surface area (Å²) in [7, 11) is 0. The van der Waals surface area contributed by atoms with Gasteiger partial charge >= 0.3 is 6.18 Å². The smallest absolute Gasteiger partial charge is 0.349 e. The van der Waals surface area contributed by atoms with Gasteiger partial charge in [-0.3, -0.25) is 9.48 Å². The van der Waals surface area contributed by atoms with E-state index in [1.165, 1.54) is 0 Å². The van der Waals surface area contributed by atoms with Crippen molar-refractivity contribution in [3.05, 3.63) is 17.5 Å². The average Bonchev–Trinajstić information content (AvgIpc) is 2.83. The minimum atomic E-state index is -4.63. The molecule has 0 bridgehead atoms. The Kier molecular flexibility index (Phi) is 4.78. The van der Waals surface area contributed by atoms with E-state index in [9.17, 15) is 18.0 Å². The van der Waals surface area contributed by atoms with Gasteiger partial charge in [0, 0.05) is 6.04 Å². The van der Waals surface area contributed by atoms with Crippen LogP contribution in [0.3, 0.4) is 0 Å². The fourth-order valence-electron chi connectivity index (χ4n) is 3.12. The Bertz CT molecular complexity index is 572. The van der Waals surface area contributed by atoms with Crippen LogP contribution in [0.2, 0.25) is 0 Å². The first-order valence-corrected chi connectivity index (χ1v) is 7.96. The topological polar surface area (TPSA) is 46.9 Å². The number of halogens is 3. The Morgan fingerprint density at radius 1 is 1.30 bits per heavy atom. The molecule has 130 valence electrons. The molecule has 1 fully saturated rings. The molecule has 4 nitrogen and oxygen atoms in total. The SMILES string of the molecule is C[C@@H]1CCC[C@@H](NC(=O)c2cnn(C(C)(C)C)c2C(F)(F)F)C1. The summed E-state index contributed by atoms with van der Waals surface area (Å²) in [5.74, 6) is -0.208. The lowest BCUT2D eigenvalue weighted by atomic mass is 9.87. The van der Waals surface area contributed by atoms with Crippen LogP contribution >= 0.6 is 0 Å². The molecular weight excluding hydrogens is 307 g/mol. The third kappa shape index (κ3) is 4.06. The Balaban J connectivity index is 2.28. The van der Waals surface area contributed by atoms with E-state index in [-0.39, 0.29) is 6.04 Å². The summed E-state index contributed by atoms with van der Waals surface area (Å²) < 4.78 is 41.2. The van der Waals surface area contributed by atoms with Crippen LogP contribution in [0.25, 0.3) is 0 Å². The molecule has 7 heteroatoms. The quantitative estimate of drug-likeness (QED) is 0.891. The predicted octanol–water partition coefficient (Wildman–Crippen LogP) is 3.97. The van der Waals surface area contributed by atoms with Crippen molar-refractivity contribution >= 4 is 5.91 Å². The number of nitrogens with zero attached hydrogens (tertiary/aromatic N) is 2. The van der Waals surface area contributed by atoms with Gasteiger partial charge < -0.3 is 5.32 Å². The normalized spacial score (nSPS) is 22.9. The Labute approximate surface area is 134 Å². The van der Waals surface area contributed by atoms with E-state index in [0.29, 0.717) is 5.92 Å². The highest BCUT2D eigenvalue weighted by Crippen LogP contribution is 2.35. The molecule has 23 heavy (non-hydrogen) atoms. The van der Waals surface area contributed by atoms with E-state index >= 15 is 0 Å². The first-order chi connectivity index (χ1) is 10.5. The summed E-state index contributed by atoms with van der Waals surface area (Å²) in [6, 6.07) is -0.0645. The second-order valence-corrected chi connectivity index (χ2v) is 7.43. The third-order valence-corrected chi connectivity index (χ3v) is 4.19. The number of carbonyl (C=O) groups excluding carboxylic acids is 1. The van der Waals surface area contributed by atoms with Crippen LogP contribution < -0.4 is 5.32 Å². The molecule has 1 heterocycles. The standard InChI is InChI=1S/C16H24F3N3O/c1-10-6-5-7-11(8-10)21-14(23)12-9-20-22(15(2,3)4)13(12)16(17,18)19/h9-11H,5-8H2,1-4H3,(H,21,23)/t10-,11-/m1/s1. The second kappa shape index (κ2) is 6.17. The maximum absolute atomic E-state index is 13.4. The van der Waals surface area contributed by atoms with Crippen molar-refractivity contribution in [2.24, 2.45) is 5.92 Å². The molecule has 0 aromatic carbocycles. The maximum atomic E-state index is 13.4. The third-order valence-electron chi connectivity index (χ3n) is 4.19. The molecule has 1 saturated carbocycles. The van der Waals surface area contributed by atoms with Gasteiger partial charge in [0.2, 0.25) is 0 Å². The van der Waals surface area contributed by atoms with Crippen LogP contribution in [-0.4, -0.2) is 21.7 Å². The van der Waals surface area contributed by atoms with E-state index < -0.39 is 28.9 Å². The highest BCUT2D eigenvalue weighted by Gasteiger charge is 2.42. The van der Waals surface area contributed by atoms with Crippen molar-refractivity contribution in [3.8, 4) is 0 Å². The number of nitrogens with one attached hydrogen (secondary N) is 1. The summed E-state index contributed by atoms with van der Waals surface area (Å²) in [5, 5.41) is 6.57. The van der Waals surface area contributed by atoms with Crippen LogP contribution in [0.4, 0.5) is 13.2 Å². The molecule has 2 atom stereocenters. The van der Waals surface area contributed by atoms with E-state index in [1.54, 1.807) is 20.8 Å². The van der Waals surface area contributed by atoms with Crippen molar-refractivity contribution in [2.75, 3.05) is 0 Å². The molecule has 1 aliphatic carbocycles. The number of hydrogen-bond donors (Lipinski definition) is 1. The number of hydrogen-bond acceptors (Lipinski definition) is 2. The zero-order chi connectivity index (χ0) is 17.4. The van der Waals surface area contributed by atoms with Gasteiger partial charge in [-0.1, -0.05) is 19.8 Å². The lowest BCUT2D eigenvalue weighted by Gasteiger charge is -2.28. The maximum Gasteiger partial charge on any atom is 0.433 e. The van der Waals surface area contributed by atoms with Crippen molar-refractivity contribution < 1.29 is 18.0 Å². The molecule has 1 aromatic rings. The summed E-state index contributed by atoms with van der Waals surface area (Å²) in [4.78, 5) is 12.4. The predicted molar refractivity (Wildman–Crippen MR) is 81.1 cm³/mol. The summed E-state index contributed by atoms with van der Waals surface area (Å²) in [5.41, 5.74) is -2.24.